The zero-order valence-corrected chi connectivity index (χ0v) is 16.2. The van der Waals surface area contributed by atoms with E-state index in [1.165, 1.54) is 13.8 Å². The molecule has 0 aromatic heterocycles. The van der Waals surface area contributed by atoms with Crippen molar-refractivity contribution >= 4 is 21.4 Å². The standard InChI is InChI=1S/C19H21F3N2O3S/c1-18(2,17(25)24-13-12-23-15-6-4-3-5-7-15)28(26,27)16-10-8-14(9-11-16)19(20,21)22/h3-11,23H,12-13H2,1-2H3,(H,24,25). The van der Waals surface area contributed by atoms with Gasteiger partial charge in [-0.2, -0.15) is 13.2 Å². The molecule has 0 aliphatic carbocycles. The van der Waals surface area contributed by atoms with E-state index in [2.05, 4.69) is 10.6 Å². The van der Waals surface area contributed by atoms with Gasteiger partial charge < -0.3 is 10.6 Å². The van der Waals surface area contributed by atoms with Crippen molar-refractivity contribution in [1.82, 2.24) is 5.32 Å². The molecule has 2 aromatic carbocycles. The van der Waals surface area contributed by atoms with Crippen LogP contribution in [0.25, 0.3) is 0 Å². The molecular formula is C19H21F3N2O3S. The molecule has 1 amide bonds. The van der Waals surface area contributed by atoms with Crippen LogP contribution in [-0.2, 0) is 20.8 Å². The van der Waals surface area contributed by atoms with Crippen molar-refractivity contribution in [2.75, 3.05) is 18.4 Å². The van der Waals surface area contributed by atoms with Gasteiger partial charge in [0.05, 0.1) is 10.5 Å². The Labute approximate surface area is 161 Å². The number of halogens is 3. The van der Waals surface area contributed by atoms with Crippen molar-refractivity contribution in [3.05, 3.63) is 60.2 Å². The number of para-hydroxylation sites is 1. The molecule has 0 unspecified atom stereocenters. The van der Waals surface area contributed by atoms with E-state index in [1.54, 1.807) is 0 Å². The Morgan fingerprint density at radius 1 is 0.929 bits per heavy atom. The molecular weight excluding hydrogens is 393 g/mol. The Hall–Kier alpha value is -2.55. The lowest BCUT2D eigenvalue weighted by atomic mass is 10.2. The molecule has 2 rings (SSSR count). The van der Waals surface area contributed by atoms with E-state index < -0.39 is 32.2 Å². The van der Waals surface area contributed by atoms with Gasteiger partial charge in [0.2, 0.25) is 5.91 Å². The van der Waals surface area contributed by atoms with Gasteiger partial charge in [-0.05, 0) is 50.2 Å². The molecule has 0 heterocycles. The molecule has 28 heavy (non-hydrogen) atoms. The number of carbonyl (C=O) groups is 1. The minimum Gasteiger partial charge on any atom is -0.383 e. The quantitative estimate of drug-likeness (QED) is 0.681. The van der Waals surface area contributed by atoms with Crippen LogP contribution in [0.5, 0.6) is 0 Å². The largest absolute Gasteiger partial charge is 0.416 e. The summed E-state index contributed by atoms with van der Waals surface area (Å²) in [6.07, 6.45) is -4.57. The van der Waals surface area contributed by atoms with Crippen LogP contribution >= 0.6 is 0 Å². The summed E-state index contributed by atoms with van der Waals surface area (Å²) in [4.78, 5) is 12.1. The third kappa shape index (κ3) is 4.83. The summed E-state index contributed by atoms with van der Waals surface area (Å²) in [5.74, 6) is -0.734. The van der Waals surface area contributed by atoms with Crippen LogP contribution in [0.1, 0.15) is 19.4 Å². The first-order valence-corrected chi connectivity index (χ1v) is 9.93. The average Bonchev–Trinajstić information content (AvgIpc) is 2.65. The Morgan fingerprint density at radius 2 is 1.50 bits per heavy atom. The third-order valence-corrected chi connectivity index (χ3v) is 6.65. The predicted octanol–water partition coefficient (Wildman–Crippen LogP) is 3.49. The molecule has 9 heteroatoms. The van der Waals surface area contributed by atoms with E-state index in [1.807, 2.05) is 30.3 Å². The van der Waals surface area contributed by atoms with E-state index in [-0.39, 0.29) is 11.4 Å². The SMILES string of the molecule is CC(C)(C(=O)NCCNc1ccccc1)S(=O)(=O)c1ccc(C(F)(F)F)cc1. The minimum atomic E-state index is -4.57. The number of alkyl halides is 3. The molecule has 0 atom stereocenters. The highest BCUT2D eigenvalue weighted by Gasteiger charge is 2.43. The van der Waals surface area contributed by atoms with Crippen molar-refractivity contribution in [3.8, 4) is 0 Å². The summed E-state index contributed by atoms with van der Waals surface area (Å²) in [7, 11) is -4.19. The Bertz CT molecular complexity index is 910. The van der Waals surface area contributed by atoms with E-state index >= 15 is 0 Å². The molecule has 2 N–H and O–H groups in total. The number of sulfone groups is 1. The zero-order valence-electron chi connectivity index (χ0n) is 15.4. The van der Waals surface area contributed by atoms with Crippen LogP contribution in [0.3, 0.4) is 0 Å². The van der Waals surface area contributed by atoms with Crippen molar-refractivity contribution in [2.24, 2.45) is 0 Å². The van der Waals surface area contributed by atoms with Crippen LogP contribution in [0.15, 0.2) is 59.5 Å². The second-order valence-electron chi connectivity index (χ2n) is 6.58. The van der Waals surface area contributed by atoms with Crippen LogP contribution in [0.4, 0.5) is 18.9 Å². The molecule has 0 fully saturated rings. The number of nitrogens with one attached hydrogen (secondary N) is 2. The first-order chi connectivity index (χ1) is 13.0. The lowest BCUT2D eigenvalue weighted by molar-refractivity contribution is -0.137. The zero-order chi connectivity index (χ0) is 21.0. The summed E-state index contributed by atoms with van der Waals surface area (Å²) in [5, 5.41) is 5.62. The fourth-order valence-electron chi connectivity index (χ4n) is 2.39. The molecule has 0 radical (unpaired) electrons. The van der Waals surface area contributed by atoms with Crippen LogP contribution in [0.2, 0.25) is 0 Å². The minimum absolute atomic E-state index is 0.180. The van der Waals surface area contributed by atoms with Crippen molar-refractivity contribution in [3.63, 3.8) is 0 Å². The summed E-state index contributed by atoms with van der Waals surface area (Å²) in [6, 6.07) is 12.4. The van der Waals surface area contributed by atoms with Crippen LogP contribution < -0.4 is 10.6 Å². The number of amides is 1. The normalized spacial score (nSPS) is 12.5. The van der Waals surface area contributed by atoms with Crippen molar-refractivity contribution < 1.29 is 26.4 Å². The highest BCUT2D eigenvalue weighted by Crippen LogP contribution is 2.32. The third-order valence-electron chi connectivity index (χ3n) is 4.22. The van der Waals surface area contributed by atoms with Crippen LogP contribution in [-0.4, -0.2) is 32.2 Å². The topological polar surface area (TPSA) is 75.3 Å². The lowest BCUT2D eigenvalue weighted by Gasteiger charge is -2.24. The maximum Gasteiger partial charge on any atom is 0.416 e. The van der Waals surface area contributed by atoms with Gasteiger partial charge in [-0.25, -0.2) is 8.42 Å². The van der Waals surface area contributed by atoms with Gasteiger partial charge in [-0.3, -0.25) is 4.79 Å². The molecule has 152 valence electrons. The Morgan fingerprint density at radius 3 is 2.04 bits per heavy atom. The number of anilines is 1. The summed E-state index contributed by atoms with van der Waals surface area (Å²) >= 11 is 0. The average molecular weight is 414 g/mol. The summed E-state index contributed by atoms with van der Waals surface area (Å²) in [6.45, 7) is 3.01. The molecule has 0 aliphatic heterocycles. The number of benzene rings is 2. The summed E-state index contributed by atoms with van der Waals surface area (Å²) in [5.41, 5.74) is -0.103. The Kier molecular flexibility index (Phi) is 6.38. The highest BCUT2D eigenvalue weighted by molar-refractivity contribution is 7.93. The highest BCUT2D eigenvalue weighted by atomic mass is 32.2. The van der Waals surface area contributed by atoms with Crippen molar-refractivity contribution in [1.29, 1.82) is 0 Å². The molecule has 5 nitrogen and oxygen atoms in total. The van der Waals surface area contributed by atoms with Gasteiger partial charge in [-0.15, -0.1) is 0 Å². The van der Waals surface area contributed by atoms with Gasteiger partial charge >= 0.3 is 6.18 Å². The predicted molar refractivity (Wildman–Crippen MR) is 101 cm³/mol. The van der Waals surface area contributed by atoms with Gasteiger partial charge in [0.15, 0.2) is 9.84 Å². The smallest absolute Gasteiger partial charge is 0.383 e. The number of carbonyl (C=O) groups excluding carboxylic acids is 1. The number of hydrogen-bond acceptors (Lipinski definition) is 4. The van der Waals surface area contributed by atoms with E-state index in [0.717, 1.165) is 17.8 Å². The number of rotatable bonds is 7. The molecule has 0 aliphatic rings. The van der Waals surface area contributed by atoms with Crippen LogP contribution in [0, 0.1) is 0 Å². The van der Waals surface area contributed by atoms with E-state index in [4.69, 9.17) is 0 Å². The Balaban J connectivity index is 2.03. The second kappa shape index (κ2) is 8.22. The molecule has 0 saturated carbocycles. The van der Waals surface area contributed by atoms with E-state index in [9.17, 15) is 26.4 Å². The molecule has 0 saturated heterocycles. The maximum atomic E-state index is 12.8. The lowest BCUT2D eigenvalue weighted by Crippen LogP contribution is -2.49. The molecule has 0 bridgehead atoms. The second-order valence-corrected chi connectivity index (χ2v) is 9.08. The van der Waals surface area contributed by atoms with Crippen molar-refractivity contribution in [2.45, 2.75) is 29.7 Å². The van der Waals surface area contributed by atoms with Gasteiger partial charge in [0.25, 0.3) is 0 Å². The first kappa shape index (κ1) is 21.7. The van der Waals surface area contributed by atoms with Gasteiger partial charge in [0, 0.05) is 18.8 Å². The maximum absolute atomic E-state index is 12.8. The fraction of sp³-hybridized carbons (Fsp3) is 0.316. The molecule has 0 spiro atoms. The number of hydrogen-bond donors (Lipinski definition) is 2. The monoisotopic (exact) mass is 414 g/mol. The van der Waals surface area contributed by atoms with Gasteiger partial charge in [-0.1, -0.05) is 18.2 Å². The summed E-state index contributed by atoms with van der Waals surface area (Å²) < 4.78 is 61.6. The first-order valence-electron chi connectivity index (χ1n) is 8.45. The fourth-order valence-corrected chi connectivity index (χ4v) is 3.79. The van der Waals surface area contributed by atoms with E-state index in [0.29, 0.717) is 18.7 Å². The molecule has 2 aromatic rings. The van der Waals surface area contributed by atoms with Gasteiger partial charge in [0.1, 0.15) is 4.75 Å².